The Kier molecular flexibility index (Phi) is 6.54. The first-order chi connectivity index (χ1) is 18.5. The van der Waals surface area contributed by atoms with E-state index >= 15 is 4.39 Å². The van der Waals surface area contributed by atoms with Crippen LogP contribution in [0.2, 0.25) is 0 Å². The average Bonchev–Trinajstić information content (AvgIpc) is 3.33. The summed E-state index contributed by atoms with van der Waals surface area (Å²) >= 11 is 0. The molecule has 1 aliphatic rings. The Bertz CT molecular complexity index is 1580. The number of benzene rings is 2. The fraction of sp³-hybridized carbons (Fsp3) is 0.185. The number of nitrogens with one attached hydrogen (secondary N) is 1. The molecule has 2 aromatic heterocycles. The largest absolute Gasteiger partial charge is 0.417 e. The van der Waals surface area contributed by atoms with Gasteiger partial charge in [0.05, 0.1) is 28.2 Å². The molecular formula is C27H22F4N6O2. The first-order valence-electron chi connectivity index (χ1n) is 11.9. The fourth-order valence-corrected chi connectivity index (χ4v) is 4.51. The number of primary amides is 1. The van der Waals surface area contributed by atoms with E-state index in [1.807, 2.05) is 6.07 Å². The monoisotopic (exact) mass is 538 g/mol. The molecule has 3 heterocycles. The van der Waals surface area contributed by atoms with E-state index in [2.05, 4.69) is 10.4 Å². The van der Waals surface area contributed by atoms with Crippen molar-refractivity contribution in [3.05, 3.63) is 89.0 Å². The Morgan fingerprint density at radius 1 is 1.08 bits per heavy atom. The standard InChI is InChI=1S/C27H22F4N6O2/c1-36-9-7-22(35-36)17-12-18(20(28)13-19(17)27(29,30)31)25(38)34-23-11-16-14-37(26(32)39)10-8-21(16)33-24(23)15-5-3-2-4-6-15/h2-7,9,11-13H,8,10,14H2,1H3,(H2,32,39)(H,34,38). The number of fused-ring (bicyclic) bond motifs is 1. The number of halogens is 4. The molecule has 0 radical (unpaired) electrons. The lowest BCUT2D eigenvalue weighted by Gasteiger charge is -2.28. The summed E-state index contributed by atoms with van der Waals surface area (Å²) in [6, 6.07) is 12.4. The van der Waals surface area contributed by atoms with E-state index in [0.29, 0.717) is 41.5 Å². The minimum atomic E-state index is -4.88. The van der Waals surface area contributed by atoms with Gasteiger partial charge in [-0.05, 0) is 29.8 Å². The summed E-state index contributed by atoms with van der Waals surface area (Å²) in [6.07, 6.45) is -3.00. The highest BCUT2D eigenvalue weighted by molar-refractivity contribution is 6.07. The summed E-state index contributed by atoms with van der Waals surface area (Å²) in [5.74, 6) is -2.31. The highest BCUT2D eigenvalue weighted by Gasteiger charge is 2.36. The molecule has 200 valence electrons. The van der Waals surface area contributed by atoms with Crippen LogP contribution in [-0.4, -0.2) is 38.1 Å². The Hall–Kier alpha value is -4.74. The van der Waals surface area contributed by atoms with Gasteiger partial charge in [-0.15, -0.1) is 0 Å². The number of rotatable bonds is 4. The van der Waals surface area contributed by atoms with Gasteiger partial charge in [-0.3, -0.25) is 14.5 Å². The molecule has 12 heteroatoms. The molecule has 0 saturated carbocycles. The van der Waals surface area contributed by atoms with Crippen molar-refractivity contribution in [1.29, 1.82) is 0 Å². The molecule has 1 aliphatic heterocycles. The van der Waals surface area contributed by atoms with Crippen LogP contribution >= 0.6 is 0 Å². The summed E-state index contributed by atoms with van der Waals surface area (Å²) in [7, 11) is 1.53. The highest BCUT2D eigenvalue weighted by atomic mass is 19.4. The molecule has 5 rings (SSSR count). The van der Waals surface area contributed by atoms with Crippen molar-refractivity contribution in [2.75, 3.05) is 11.9 Å². The van der Waals surface area contributed by atoms with Crippen LogP contribution in [0.25, 0.3) is 22.5 Å². The molecular weight excluding hydrogens is 516 g/mol. The maximum atomic E-state index is 15.0. The second-order valence-corrected chi connectivity index (χ2v) is 9.07. The van der Waals surface area contributed by atoms with E-state index in [1.165, 1.54) is 28.9 Å². The van der Waals surface area contributed by atoms with Crippen molar-refractivity contribution in [3.63, 3.8) is 0 Å². The van der Waals surface area contributed by atoms with Crippen LogP contribution in [0.3, 0.4) is 0 Å². The van der Waals surface area contributed by atoms with Gasteiger partial charge in [-0.2, -0.15) is 18.3 Å². The van der Waals surface area contributed by atoms with Crippen molar-refractivity contribution < 1.29 is 27.2 Å². The van der Waals surface area contributed by atoms with Crippen molar-refractivity contribution in [2.24, 2.45) is 12.8 Å². The predicted molar refractivity (Wildman–Crippen MR) is 135 cm³/mol. The minimum absolute atomic E-state index is 0.0640. The van der Waals surface area contributed by atoms with Gasteiger partial charge >= 0.3 is 12.2 Å². The number of nitrogens with two attached hydrogens (primary N) is 1. The van der Waals surface area contributed by atoms with Gasteiger partial charge in [0.25, 0.3) is 5.91 Å². The zero-order valence-electron chi connectivity index (χ0n) is 20.6. The molecule has 0 fully saturated rings. The van der Waals surface area contributed by atoms with E-state index in [9.17, 15) is 22.8 Å². The Labute approximate surface area is 220 Å². The number of alkyl halides is 3. The Balaban J connectivity index is 1.58. The van der Waals surface area contributed by atoms with Crippen LogP contribution in [0.5, 0.6) is 0 Å². The van der Waals surface area contributed by atoms with E-state index in [0.717, 1.165) is 6.07 Å². The molecule has 0 saturated heterocycles. The van der Waals surface area contributed by atoms with Crippen LogP contribution in [-0.2, 0) is 26.2 Å². The van der Waals surface area contributed by atoms with Gasteiger partial charge in [-0.25, -0.2) is 9.18 Å². The Morgan fingerprint density at radius 2 is 1.82 bits per heavy atom. The predicted octanol–water partition coefficient (Wildman–Crippen LogP) is 5.00. The molecule has 0 unspecified atom stereocenters. The molecule has 3 amide bonds. The van der Waals surface area contributed by atoms with Crippen molar-refractivity contribution in [2.45, 2.75) is 19.1 Å². The normalized spacial score (nSPS) is 13.2. The van der Waals surface area contributed by atoms with Crippen molar-refractivity contribution in [3.8, 4) is 22.5 Å². The van der Waals surface area contributed by atoms with E-state index < -0.39 is 40.6 Å². The van der Waals surface area contributed by atoms with Crippen LogP contribution in [0.1, 0.15) is 27.2 Å². The van der Waals surface area contributed by atoms with Gasteiger partial charge in [0.1, 0.15) is 5.82 Å². The zero-order valence-corrected chi connectivity index (χ0v) is 20.6. The second-order valence-electron chi connectivity index (χ2n) is 9.07. The number of pyridine rings is 1. The summed E-state index contributed by atoms with van der Waals surface area (Å²) in [4.78, 5) is 31.2. The molecule has 4 aromatic rings. The first kappa shape index (κ1) is 25.9. The molecule has 0 spiro atoms. The minimum Gasteiger partial charge on any atom is -0.351 e. The highest BCUT2D eigenvalue weighted by Crippen LogP contribution is 2.38. The molecule has 0 aliphatic carbocycles. The number of carbonyl (C=O) groups excluding carboxylic acids is 2. The average molecular weight is 539 g/mol. The summed E-state index contributed by atoms with van der Waals surface area (Å²) in [5.41, 5.74) is 5.70. The van der Waals surface area contributed by atoms with Crippen molar-refractivity contribution in [1.82, 2.24) is 19.7 Å². The van der Waals surface area contributed by atoms with Gasteiger partial charge in [0.2, 0.25) is 0 Å². The SMILES string of the molecule is Cn1ccc(-c2cc(C(=O)Nc3cc4c(nc3-c3ccccc3)CCN(C(N)=O)C4)c(F)cc2C(F)(F)F)n1. The number of anilines is 1. The number of urea groups is 1. The number of hydrogen-bond donors (Lipinski definition) is 2. The summed E-state index contributed by atoms with van der Waals surface area (Å²) in [6.45, 7) is 0.538. The smallest absolute Gasteiger partial charge is 0.351 e. The molecule has 0 bridgehead atoms. The second kappa shape index (κ2) is 9.86. The van der Waals surface area contributed by atoms with Gasteiger partial charge in [0.15, 0.2) is 0 Å². The molecule has 2 aromatic carbocycles. The maximum Gasteiger partial charge on any atom is 0.417 e. The summed E-state index contributed by atoms with van der Waals surface area (Å²) in [5, 5.41) is 6.62. The zero-order chi connectivity index (χ0) is 27.9. The topological polar surface area (TPSA) is 106 Å². The van der Waals surface area contributed by atoms with Crippen LogP contribution < -0.4 is 11.1 Å². The lowest BCUT2D eigenvalue weighted by molar-refractivity contribution is -0.137. The third kappa shape index (κ3) is 5.17. The Morgan fingerprint density at radius 3 is 2.46 bits per heavy atom. The maximum absolute atomic E-state index is 15.0. The number of aryl methyl sites for hydroxylation is 1. The number of aromatic nitrogens is 3. The van der Waals surface area contributed by atoms with Crippen LogP contribution in [0.15, 0.2) is 60.8 Å². The van der Waals surface area contributed by atoms with E-state index in [1.54, 1.807) is 30.3 Å². The lowest BCUT2D eigenvalue weighted by atomic mass is 9.99. The quantitative estimate of drug-likeness (QED) is 0.357. The molecule has 39 heavy (non-hydrogen) atoms. The van der Waals surface area contributed by atoms with Gasteiger partial charge in [-0.1, -0.05) is 30.3 Å². The molecule has 3 N–H and O–H groups in total. The van der Waals surface area contributed by atoms with Crippen LogP contribution in [0, 0.1) is 5.82 Å². The van der Waals surface area contributed by atoms with Gasteiger partial charge < -0.3 is 16.0 Å². The molecule has 8 nitrogen and oxygen atoms in total. The lowest BCUT2D eigenvalue weighted by Crippen LogP contribution is -2.39. The number of hydrogen-bond acceptors (Lipinski definition) is 4. The molecule has 0 atom stereocenters. The van der Waals surface area contributed by atoms with Gasteiger partial charge in [0, 0.05) is 49.6 Å². The number of amides is 3. The third-order valence-corrected chi connectivity index (χ3v) is 6.42. The van der Waals surface area contributed by atoms with E-state index in [4.69, 9.17) is 10.7 Å². The summed E-state index contributed by atoms with van der Waals surface area (Å²) < 4.78 is 57.5. The fourth-order valence-electron chi connectivity index (χ4n) is 4.51. The third-order valence-electron chi connectivity index (χ3n) is 6.42. The van der Waals surface area contributed by atoms with Crippen LogP contribution in [0.4, 0.5) is 28.0 Å². The number of carbonyl (C=O) groups is 2. The first-order valence-corrected chi connectivity index (χ1v) is 11.9. The van der Waals surface area contributed by atoms with Crippen molar-refractivity contribution >= 4 is 17.6 Å². The van der Waals surface area contributed by atoms with E-state index in [-0.39, 0.29) is 17.9 Å². The number of nitrogens with zero attached hydrogens (tertiary/aromatic N) is 4.